The molecule has 16 heavy (non-hydrogen) atoms. The minimum Gasteiger partial charge on any atom is -0.481 e. The molecule has 0 spiro atoms. The molecule has 0 aromatic carbocycles. The molecule has 0 saturated carbocycles. The van der Waals surface area contributed by atoms with Crippen molar-refractivity contribution in [2.24, 2.45) is 11.3 Å². The molecule has 0 saturated heterocycles. The summed E-state index contributed by atoms with van der Waals surface area (Å²) in [5.41, 5.74) is -0.822. The number of aliphatic carboxylic acids is 1. The number of hydrogen-bond donors (Lipinski definition) is 1. The van der Waals surface area contributed by atoms with Crippen molar-refractivity contribution in [2.75, 3.05) is 13.6 Å². The third-order valence-electron chi connectivity index (χ3n) is 2.56. The summed E-state index contributed by atoms with van der Waals surface area (Å²) in [4.78, 5) is 24.2. The van der Waals surface area contributed by atoms with Crippen molar-refractivity contribution in [1.82, 2.24) is 4.90 Å². The summed E-state index contributed by atoms with van der Waals surface area (Å²) in [5.74, 6) is -0.496. The van der Waals surface area contributed by atoms with Crippen molar-refractivity contribution in [2.45, 2.75) is 40.5 Å². The Morgan fingerprint density at radius 1 is 1.31 bits per heavy atom. The van der Waals surface area contributed by atoms with E-state index in [1.54, 1.807) is 25.8 Å². The molecule has 4 nitrogen and oxygen atoms in total. The maximum absolute atomic E-state index is 12.0. The van der Waals surface area contributed by atoms with Gasteiger partial charge in [-0.15, -0.1) is 0 Å². The quantitative estimate of drug-likeness (QED) is 0.757. The van der Waals surface area contributed by atoms with Gasteiger partial charge in [0, 0.05) is 13.6 Å². The molecule has 0 heterocycles. The van der Waals surface area contributed by atoms with Gasteiger partial charge in [-0.05, 0) is 12.3 Å². The van der Waals surface area contributed by atoms with Crippen molar-refractivity contribution in [1.29, 1.82) is 0 Å². The second-order valence-corrected chi connectivity index (χ2v) is 5.36. The molecule has 0 aliphatic carbocycles. The molecule has 1 amide bonds. The van der Waals surface area contributed by atoms with E-state index in [1.165, 1.54) is 0 Å². The van der Waals surface area contributed by atoms with Gasteiger partial charge in [-0.25, -0.2) is 0 Å². The highest BCUT2D eigenvalue weighted by Crippen LogP contribution is 2.23. The first-order valence-electron chi connectivity index (χ1n) is 5.64. The van der Waals surface area contributed by atoms with Gasteiger partial charge in [-0.1, -0.05) is 27.7 Å². The first-order chi connectivity index (χ1) is 7.16. The molecule has 0 aromatic rings. The Hall–Kier alpha value is -1.06. The first kappa shape index (κ1) is 14.9. The Bertz CT molecular complexity index is 259. The molecule has 0 aliphatic heterocycles. The second-order valence-electron chi connectivity index (χ2n) is 5.36. The van der Waals surface area contributed by atoms with E-state index < -0.39 is 11.4 Å². The molecule has 0 bridgehead atoms. The fraction of sp³-hybridized carbons (Fsp3) is 0.833. The lowest BCUT2D eigenvalue weighted by atomic mass is 9.87. The third kappa shape index (κ3) is 5.14. The van der Waals surface area contributed by atoms with Gasteiger partial charge >= 0.3 is 5.97 Å². The lowest BCUT2D eigenvalue weighted by molar-refractivity contribution is -0.148. The maximum Gasteiger partial charge on any atom is 0.304 e. The van der Waals surface area contributed by atoms with Crippen molar-refractivity contribution >= 4 is 11.9 Å². The fourth-order valence-corrected chi connectivity index (χ4v) is 1.52. The van der Waals surface area contributed by atoms with Gasteiger partial charge in [0.05, 0.1) is 11.8 Å². The molecule has 0 atom stereocenters. The van der Waals surface area contributed by atoms with E-state index in [-0.39, 0.29) is 12.3 Å². The zero-order valence-corrected chi connectivity index (χ0v) is 10.9. The van der Waals surface area contributed by atoms with E-state index >= 15 is 0 Å². The standard InChI is InChI=1S/C12H23NO3/c1-9(2)6-7-13(5)11(16)12(3,4)8-10(14)15/h9H,6-8H2,1-5H3,(H,14,15). The van der Waals surface area contributed by atoms with Crippen molar-refractivity contribution in [3.63, 3.8) is 0 Å². The Morgan fingerprint density at radius 2 is 1.81 bits per heavy atom. The summed E-state index contributed by atoms with van der Waals surface area (Å²) in [5, 5.41) is 8.73. The predicted octanol–water partition coefficient (Wildman–Crippen LogP) is 1.99. The molecular formula is C12H23NO3. The van der Waals surface area contributed by atoms with Crippen LogP contribution in [0.5, 0.6) is 0 Å². The topological polar surface area (TPSA) is 57.6 Å². The minimum atomic E-state index is -0.935. The Kier molecular flexibility index (Phi) is 5.48. The van der Waals surface area contributed by atoms with E-state index in [1.807, 2.05) is 0 Å². The highest BCUT2D eigenvalue weighted by molar-refractivity contribution is 5.86. The zero-order valence-electron chi connectivity index (χ0n) is 10.9. The van der Waals surface area contributed by atoms with Crippen LogP contribution in [0.3, 0.4) is 0 Å². The monoisotopic (exact) mass is 229 g/mol. The minimum absolute atomic E-state index is 0.101. The second kappa shape index (κ2) is 5.87. The largest absolute Gasteiger partial charge is 0.481 e. The number of amides is 1. The highest BCUT2D eigenvalue weighted by atomic mass is 16.4. The summed E-state index contributed by atoms with van der Waals surface area (Å²) >= 11 is 0. The van der Waals surface area contributed by atoms with Crippen LogP contribution in [0, 0.1) is 11.3 Å². The van der Waals surface area contributed by atoms with E-state index in [0.29, 0.717) is 12.5 Å². The third-order valence-corrected chi connectivity index (χ3v) is 2.56. The number of nitrogens with zero attached hydrogens (tertiary/aromatic N) is 1. The van der Waals surface area contributed by atoms with Crippen LogP contribution in [-0.2, 0) is 9.59 Å². The van der Waals surface area contributed by atoms with Crippen LogP contribution >= 0.6 is 0 Å². The van der Waals surface area contributed by atoms with E-state index in [2.05, 4.69) is 13.8 Å². The summed E-state index contributed by atoms with van der Waals surface area (Å²) in [6.07, 6.45) is 0.809. The molecule has 0 radical (unpaired) electrons. The van der Waals surface area contributed by atoms with Crippen LogP contribution in [0.1, 0.15) is 40.5 Å². The van der Waals surface area contributed by atoms with Crippen molar-refractivity contribution in [3.05, 3.63) is 0 Å². The SMILES string of the molecule is CC(C)CCN(C)C(=O)C(C)(C)CC(=O)O. The van der Waals surface area contributed by atoms with E-state index in [9.17, 15) is 9.59 Å². The molecule has 1 N–H and O–H groups in total. The Morgan fingerprint density at radius 3 is 2.19 bits per heavy atom. The molecule has 0 aliphatic rings. The Balaban J connectivity index is 4.35. The number of carboxylic acid groups (broad SMARTS) is 1. The number of hydrogen-bond acceptors (Lipinski definition) is 2. The summed E-state index contributed by atoms with van der Waals surface area (Å²) < 4.78 is 0. The van der Waals surface area contributed by atoms with Gasteiger partial charge in [-0.3, -0.25) is 9.59 Å². The summed E-state index contributed by atoms with van der Waals surface area (Å²) in [6.45, 7) is 8.23. The normalized spacial score (nSPS) is 11.6. The molecule has 0 rings (SSSR count). The van der Waals surface area contributed by atoms with Crippen LogP contribution in [0.2, 0.25) is 0 Å². The average molecular weight is 229 g/mol. The lowest BCUT2D eigenvalue weighted by Crippen LogP contribution is -2.40. The van der Waals surface area contributed by atoms with Crippen molar-refractivity contribution in [3.8, 4) is 0 Å². The first-order valence-corrected chi connectivity index (χ1v) is 5.64. The molecule has 0 aromatic heterocycles. The molecule has 94 valence electrons. The smallest absolute Gasteiger partial charge is 0.304 e. The van der Waals surface area contributed by atoms with Gasteiger partial charge in [0.25, 0.3) is 0 Å². The number of carbonyl (C=O) groups is 2. The summed E-state index contributed by atoms with van der Waals surface area (Å²) in [6, 6.07) is 0. The van der Waals surface area contributed by atoms with E-state index in [4.69, 9.17) is 5.11 Å². The van der Waals surface area contributed by atoms with Gasteiger partial charge in [0.15, 0.2) is 0 Å². The van der Waals surface area contributed by atoms with Gasteiger partial charge in [-0.2, -0.15) is 0 Å². The van der Waals surface area contributed by atoms with Gasteiger partial charge < -0.3 is 10.0 Å². The van der Waals surface area contributed by atoms with Crippen LogP contribution in [-0.4, -0.2) is 35.5 Å². The summed E-state index contributed by atoms with van der Waals surface area (Å²) in [7, 11) is 1.73. The van der Waals surface area contributed by atoms with Crippen LogP contribution in [0.4, 0.5) is 0 Å². The maximum atomic E-state index is 12.0. The fourth-order valence-electron chi connectivity index (χ4n) is 1.52. The molecule has 0 unspecified atom stereocenters. The van der Waals surface area contributed by atoms with E-state index in [0.717, 1.165) is 6.42 Å². The van der Waals surface area contributed by atoms with Crippen LogP contribution < -0.4 is 0 Å². The molecule has 4 heteroatoms. The Labute approximate surface area is 97.6 Å². The average Bonchev–Trinajstić information content (AvgIpc) is 2.10. The number of rotatable bonds is 6. The highest BCUT2D eigenvalue weighted by Gasteiger charge is 2.32. The zero-order chi connectivity index (χ0) is 12.9. The molecular weight excluding hydrogens is 206 g/mol. The van der Waals surface area contributed by atoms with Gasteiger partial charge in [0.1, 0.15) is 0 Å². The molecule has 0 fully saturated rings. The van der Waals surface area contributed by atoms with Gasteiger partial charge in [0.2, 0.25) is 5.91 Å². The predicted molar refractivity (Wildman–Crippen MR) is 63.1 cm³/mol. The van der Waals surface area contributed by atoms with Crippen molar-refractivity contribution < 1.29 is 14.7 Å². The lowest BCUT2D eigenvalue weighted by Gasteiger charge is -2.28. The number of carboxylic acids is 1. The van der Waals surface area contributed by atoms with Crippen LogP contribution in [0.15, 0.2) is 0 Å². The number of carbonyl (C=O) groups excluding carboxylic acids is 1. The van der Waals surface area contributed by atoms with Crippen LogP contribution in [0.25, 0.3) is 0 Å².